The van der Waals surface area contributed by atoms with Crippen LogP contribution in [0.4, 0.5) is 5.69 Å². The first-order chi connectivity index (χ1) is 12.1. The van der Waals surface area contributed by atoms with Crippen molar-refractivity contribution < 1.29 is 19.0 Å². The average molecular weight is 343 g/mol. The lowest BCUT2D eigenvalue weighted by Crippen LogP contribution is -2.20. The summed E-state index contributed by atoms with van der Waals surface area (Å²) >= 11 is 0. The predicted molar refractivity (Wildman–Crippen MR) is 98.5 cm³/mol. The molecule has 0 saturated carbocycles. The Kier molecular flexibility index (Phi) is 7.29. The van der Waals surface area contributed by atoms with Crippen LogP contribution < -0.4 is 14.8 Å². The molecule has 0 bridgehead atoms. The van der Waals surface area contributed by atoms with Gasteiger partial charge in [0.15, 0.2) is 6.61 Å². The first-order valence-electron chi connectivity index (χ1n) is 8.33. The summed E-state index contributed by atoms with van der Waals surface area (Å²) in [6.07, 6.45) is 0. The Morgan fingerprint density at radius 1 is 1.04 bits per heavy atom. The number of carbonyl (C=O) groups excluding carboxylic acids is 1. The van der Waals surface area contributed by atoms with Gasteiger partial charge in [-0.05, 0) is 29.7 Å². The summed E-state index contributed by atoms with van der Waals surface area (Å²) in [6.45, 7) is 5.12. The predicted octanol–water partition coefficient (Wildman–Crippen LogP) is 3.85. The van der Waals surface area contributed by atoms with E-state index in [0.29, 0.717) is 30.6 Å². The third-order valence-corrected chi connectivity index (χ3v) is 3.57. The van der Waals surface area contributed by atoms with Gasteiger partial charge in [0, 0.05) is 18.9 Å². The molecule has 0 heterocycles. The molecule has 2 aromatic rings. The van der Waals surface area contributed by atoms with Gasteiger partial charge in [0.25, 0.3) is 5.91 Å². The lowest BCUT2D eigenvalue weighted by Gasteiger charge is -2.14. The quantitative estimate of drug-likeness (QED) is 0.703. The standard InChI is InChI=1S/C20H25NO4/c1-15(2)18-9-4-5-10-19(18)25-14-20(22)21-16-7-6-8-17(13-16)24-12-11-23-3/h4-10,13,15H,11-12,14H2,1-3H3,(H,21,22). The maximum absolute atomic E-state index is 12.1. The molecule has 25 heavy (non-hydrogen) atoms. The molecule has 5 nitrogen and oxygen atoms in total. The van der Waals surface area contributed by atoms with Crippen molar-refractivity contribution in [1.29, 1.82) is 0 Å². The van der Waals surface area contributed by atoms with Crippen molar-refractivity contribution in [1.82, 2.24) is 0 Å². The van der Waals surface area contributed by atoms with E-state index in [1.54, 1.807) is 13.2 Å². The van der Waals surface area contributed by atoms with Crippen LogP contribution in [-0.4, -0.2) is 32.8 Å². The van der Waals surface area contributed by atoms with Crippen molar-refractivity contribution in [2.24, 2.45) is 0 Å². The highest BCUT2D eigenvalue weighted by molar-refractivity contribution is 5.92. The summed E-state index contributed by atoms with van der Waals surface area (Å²) < 4.78 is 16.2. The van der Waals surface area contributed by atoms with Crippen molar-refractivity contribution in [2.45, 2.75) is 19.8 Å². The lowest BCUT2D eigenvalue weighted by atomic mass is 10.0. The number of ether oxygens (including phenoxy) is 3. The van der Waals surface area contributed by atoms with E-state index in [9.17, 15) is 4.79 Å². The molecular weight excluding hydrogens is 318 g/mol. The zero-order chi connectivity index (χ0) is 18.1. The van der Waals surface area contributed by atoms with Gasteiger partial charge >= 0.3 is 0 Å². The second-order valence-corrected chi connectivity index (χ2v) is 5.90. The SMILES string of the molecule is COCCOc1cccc(NC(=O)COc2ccccc2C(C)C)c1. The molecule has 134 valence electrons. The molecule has 0 radical (unpaired) electrons. The van der Waals surface area contributed by atoms with E-state index in [4.69, 9.17) is 14.2 Å². The molecule has 0 spiro atoms. The monoisotopic (exact) mass is 343 g/mol. The number of carbonyl (C=O) groups is 1. The number of benzene rings is 2. The molecule has 1 amide bonds. The molecule has 0 aromatic heterocycles. The number of hydrogen-bond acceptors (Lipinski definition) is 4. The van der Waals surface area contributed by atoms with Crippen LogP contribution in [0, 0.1) is 0 Å². The number of anilines is 1. The van der Waals surface area contributed by atoms with Crippen LogP contribution in [0.25, 0.3) is 0 Å². The van der Waals surface area contributed by atoms with Crippen LogP contribution in [-0.2, 0) is 9.53 Å². The maximum atomic E-state index is 12.1. The molecule has 2 aromatic carbocycles. The summed E-state index contributed by atoms with van der Waals surface area (Å²) in [7, 11) is 1.62. The van der Waals surface area contributed by atoms with Crippen LogP contribution in [0.5, 0.6) is 11.5 Å². The van der Waals surface area contributed by atoms with E-state index in [1.807, 2.05) is 42.5 Å². The van der Waals surface area contributed by atoms with E-state index in [0.717, 1.165) is 11.3 Å². The van der Waals surface area contributed by atoms with Crippen LogP contribution in [0.1, 0.15) is 25.3 Å². The highest BCUT2D eigenvalue weighted by Crippen LogP contribution is 2.25. The Hall–Kier alpha value is -2.53. The van der Waals surface area contributed by atoms with Crippen molar-refractivity contribution in [3.63, 3.8) is 0 Å². The minimum Gasteiger partial charge on any atom is -0.491 e. The van der Waals surface area contributed by atoms with Gasteiger partial charge in [-0.25, -0.2) is 0 Å². The second kappa shape index (κ2) is 9.69. The number of para-hydroxylation sites is 1. The van der Waals surface area contributed by atoms with Gasteiger partial charge in [0.05, 0.1) is 6.61 Å². The first kappa shape index (κ1) is 18.8. The van der Waals surface area contributed by atoms with Crippen LogP contribution >= 0.6 is 0 Å². The van der Waals surface area contributed by atoms with E-state index in [1.165, 1.54) is 0 Å². The molecule has 2 rings (SSSR count). The fourth-order valence-corrected chi connectivity index (χ4v) is 2.34. The number of rotatable bonds is 9. The summed E-state index contributed by atoms with van der Waals surface area (Å²) in [6, 6.07) is 15.0. The lowest BCUT2D eigenvalue weighted by molar-refractivity contribution is -0.118. The van der Waals surface area contributed by atoms with Crippen LogP contribution in [0.3, 0.4) is 0 Å². The molecule has 0 unspecified atom stereocenters. The van der Waals surface area contributed by atoms with Gasteiger partial charge in [-0.3, -0.25) is 4.79 Å². The smallest absolute Gasteiger partial charge is 0.262 e. The molecular formula is C20H25NO4. The van der Waals surface area contributed by atoms with Crippen molar-refractivity contribution in [2.75, 3.05) is 32.2 Å². The van der Waals surface area contributed by atoms with E-state index < -0.39 is 0 Å². The highest BCUT2D eigenvalue weighted by Gasteiger charge is 2.09. The zero-order valence-electron chi connectivity index (χ0n) is 15.0. The van der Waals surface area contributed by atoms with Crippen molar-refractivity contribution in [3.05, 3.63) is 54.1 Å². The topological polar surface area (TPSA) is 56.8 Å². The fraction of sp³-hybridized carbons (Fsp3) is 0.350. The summed E-state index contributed by atoms with van der Waals surface area (Å²) in [5.74, 6) is 1.54. The van der Waals surface area contributed by atoms with Gasteiger partial charge < -0.3 is 19.5 Å². The van der Waals surface area contributed by atoms with Gasteiger partial charge in [0.1, 0.15) is 18.1 Å². The van der Waals surface area contributed by atoms with Crippen LogP contribution in [0.2, 0.25) is 0 Å². The molecule has 0 aliphatic rings. The molecule has 5 heteroatoms. The Bertz CT molecular complexity index is 685. The van der Waals surface area contributed by atoms with Gasteiger partial charge in [-0.15, -0.1) is 0 Å². The molecule has 0 aliphatic carbocycles. The van der Waals surface area contributed by atoms with Gasteiger partial charge in [-0.1, -0.05) is 38.1 Å². The minimum atomic E-state index is -0.215. The molecule has 1 N–H and O–H groups in total. The minimum absolute atomic E-state index is 0.0432. The Morgan fingerprint density at radius 2 is 1.84 bits per heavy atom. The largest absolute Gasteiger partial charge is 0.491 e. The summed E-state index contributed by atoms with van der Waals surface area (Å²) in [4.78, 5) is 12.1. The second-order valence-electron chi connectivity index (χ2n) is 5.90. The molecule has 0 atom stereocenters. The van der Waals surface area contributed by atoms with Gasteiger partial charge in [0.2, 0.25) is 0 Å². The molecule has 0 aliphatic heterocycles. The maximum Gasteiger partial charge on any atom is 0.262 e. The first-order valence-corrected chi connectivity index (χ1v) is 8.33. The molecule has 0 saturated heterocycles. The third kappa shape index (κ3) is 6.12. The fourth-order valence-electron chi connectivity index (χ4n) is 2.34. The number of amides is 1. The Labute approximate surface area is 148 Å². The van der Waals surface area contributed by atoms with E-state index in [2.05, 4.69) is 19.2 Å². The average Bonchev–Trinajstić information content (AvgIpc) is 2.61. The normalized spacial score (nSPS) is 10.6. The summed E-state index contributed by atoms with van der Waals surface area (Å²) in [5, 5.41) is 2.82. The van der Waals surface area contributed by atoms with Crippen LogP contribution in [0.15, 0.2) is 48.5 Å². The van der Waals surface area contributed by atoms with E-state index in [-0.39, 0.29) is 12.5 Å². The highest BCUT2D eigenvalue weighted by atomic mass is 16.5. The Morgan fingerprint density at radius 3 is 2.60 bits per heavy atom. The molecule has 0 fully saturated rings. The number of methoxy groups -OCH3 is 1. The van der Waals surface area contributed by atoms with Crippen molar-refractivity contribution in [3.8, 4) is 11.5 Å². The zero-order valence-corrected chi connectivity index (χ0v) is 15.0. The number of nitrogens with one attached hydrogen (secondary N) is 1. The van der Waals surface area contributed by atoms with Gasteiger partial charge in [-0.2, -0.15) is 0 Å². The Balaban J connectivity index is 1.89. The van der Waals surface area contributed by atoms with Crippen molar-refractivity contribution >= 4 is 11.6 Å². The third-order valence-electron chi connectivity index (χ3n) is 3.57. The number of hydrogen-bond donors (Lipinski definition) is 1. The van der Waals surface area contributed by atoms with E-state index >= 15 is 0 Å². The summed E-state index contributed by atoms with van der Waals surface area (Å²) in [5.41, 5.74) is 1.75.